The van der Waals surface area contributed by atoms with Crippen LogP contribution in [-0.4, -0.2) is 38.6 Å². The number of carbonyl (C=O) groups is 1. The van der Waals surface area contributed by atoms with E-state index in [1.165, 1.54) is 18.2 Å². The van der Waals surface area contributed by atoms with Crippen LogP contribution in [0.5, 0.6) is 5.75 Å². The third kappa shape index (κ3) is 5.93. The molecule has 1 aliphatic rings. The van der Waals surface area contributed by atoms with Crippen LogP contribution < -0.4 is 4.74 Å². The molecule has 0 bridgehead atoms. The zero-order valence-corrected chi connectivity index (χ0v) is 24.0. The molecule has 1 atom stereocenters. The van der Waals surface area contributed by atoms with Gasteiger partial charge in [-0.2, -0.15) is 5.10 Å². The summed E-state index contributed by atoms with van der Waals surface area (Å²) in [6.45, 7) is 5.06. The zero-order valence-electron chi connectivity index (χ0n) is 20.7. The minimum Gasteiger partial charge on any atom is -0.496 e. The molecular weight excluding hydrogens is 554 g/mol. The number of benzene rings is 2. The highest BCUT2D eigenvalue weighted by Crippen LogP contribution is 2.37. The molecule has 1 saturated heterocycles. The average molecular weight is 585 g/mol. The van der Waals surface area contributed by atoms with Crippen LogP contribution in [0.3, 0.4) is 0 Å². The van der Waals surface area contributed by atoms with E-state index in [4.69, 9.17) is 22.1 Å². The van der Waals surface area contributed by atoms with Crippen molar-refractivity contribution >= 4 is 56.2 Å². The van der Waals surface area contributed by atoms with Crippen LogP contribution in [-0.2, 0) is 4.79 Å². The van der Waals surface area contributed by atoms with E-state index >= 15 is 0 Å². The lowest BCUT2D eigenvalue weighted by atomic mass is 9.99. The van der Waals surface area contributed by atoms with Crippen LogP contribution in [0.1, 0.15) is 45.1 Å². The van der Waals surface area contributed by atoms with Crippen molar-refractivity contribution in [2.45, 2.75) is 39.5 Å². The molecule has 0 radical (unpaired) electrons. The molecule has 1 amide bonds. The lowest BCUT2D eigenvalue weighted by molar-refractivity contribution is -0.122. The maximum atomic E-state index is 13.4. The molecule has 0 aliphatic carbocycles. The summed E-state index contributed by atoms with van der Waals surface area (Å²) in [5.41, 5.74) is 3.50. The van der Waals surface area contributed by atoms with Gasteiger partial charge in [0, 0.05) is 23.9 Å². The topological polar surface area (TPSA) is 47.4 Å². The van der Waals surface area contributed by atoms with Crippen molar-refractivity contribution in [1.82, 2.24) is 14.7 Å². The second kappa shape index (κ2) is 12.2. The molecule has 1 unspecified atom stereocenters. The van der Waals surface area contributed by atoms with Gasteiger partial charge < -0.3 is 4.74 Å². The molecule has 1 aromatic heterocycles. The van der Waals surface area contributed by atoms with Crippen molar-refractivity contribution in [3.8, 4) is 22.7 Å². The molecule has 2 heterocycles. The van der Waals surface area contributed by atoms with Crippen LogP contribution in [0.25, 0.3) is 23.0 Å². The Labute approximate surface area is 231 Å². The summed E-state index contributed by atoms with van der Waals surface area (Å²) < 4.78 is 8.71. The average Bonchev–Trinajstić information content (AvgIpc) is 3.43. The molecule has 2 aromatic carbocycles. The third-order valence-electron chi connectivity index (χ3n) is 6.33. The van der Waals surface area contributed by atoms with E-state index in [1.54, 1.807) is 12.0 Å². The molecule has 36 heavy (non-hydrogen) atoms. The molecule has 0 spiro atoms. The number of methoxy groups -OCH3 is 1. The van der Waals surface area contributed by atoms with Crippen molar-refractivity contribution in [3.63, 3.8) is 0 Å². The lowest BCUT2D eigenvalue weighted by Gasteiger charge is -2.21. The largest absolute Gasteiger partial charge is 0.496 e. The predicted octanol–water partition coefficient (Wildman–Crippen LogP) is 7.73. The first-order valence-corrected chi connectivity index (χ1v) is 14.2. The molecule has 0 N–H and O–H groups in total. The summed E-state index contributed by atoms with van der Waals surface area (Å²) in [7, 11) is 1.64. The standard InChI is InChI=1S/C28H30BrN3O2S2/c1-4-6-10-19(5-2)17-31-27(33)25(36-28(31)35)16-21-18-32(22-11-8-7-9-12-22)30-26(21)20-13-14-24(34-3)23(29)15-20/h7-9,11-16,18-19H,4-6,10,17H2,1-3H3/b25-16-. The number of unbranched alkanes of at least 4 members (excludes halogenated alkanes) is 1. The third-order valence-corrected chi connectivity index (χ3v) is 8.33. The van der Waals surface area contributed by atoms with E-state index in [2.05, 4.69) is 29.8 Å². The lowest BCUT2D eigenvalue weighted by Crippen LogP contribution is -2.33. The van der Waals surface area contributed by atoms with Crippen molar-refractivity contribution < 1.29 is 9.53 Å². The summed E-state index contributed by atoms with van der Waals surface area (Å²) in [6, 6.07) is 15.8. The summed E-state index contributed by atoms with van der Waals surface area (Å²) in [6.07, 6.45) is 8.37. The minimum absolute atomic E-state index is 0.0192. The number of hydrogen-bond donors (Lipinski definition) is 0. The fourth-order valence-corrected chi connectivity index (χ4v) is 6.02. The van der Waals surface area contributed by atoms with Gasteiger partial charge in [-0.15, -0.1) is 0 Å². The summed E-state index contributed by atoms with van der Waals surface area (Å²) >= 11 is 10.6. The van der Waals surface area contributed by atoms with Crippen LogP contribution in [0.4, 0.5) is 0 Å². The van der Waals surface area contributed by atoms with E-state index in [1.807, 2.05) is 65.5 Å². The van der Waals surface area contributed by atoms with Gasteiger partial charge in [-0.1, -0.05) is 75.3 Å². The van der Waals surface area contributed by atoms with Crippen molar-refractivity contribution in [1.29, 1.82) is 0 Å². The second-order valence-electron chi connectivity index (χ2n) is 8.77. The second-order valence-corrected chi connectivity index (χ2v) is 11.3. The quantitative estimate of drug-likeness (QED) is 0.180. The molecular formula is C28H30BrN3O2S2. The van der Waals surface area contributed by atoms with Gasteiger partial charge in [0.1, 0.15) is 15.8 Å². The van der Waals surface area contributed by atoms with Gasteiger partial charge in [-0.25, -0.2) is 4.68 Å². The Kier molecular flexibility index (Phi) is 9.04. The first-order valence-electron chi connectivity index (χ1n) is 12.2. The molecule has 0 saturated carbocycles. The highest BCUT2D eigenvalue weighted by Gasteiger charge is 2.33. The Morgan fingerprint density at radius 1 is 1.19 bits per heavy atom. The molecule has 1 aliphatic heterocycles. The summed E-state index contributed by atoms with van der Waals surface area (Å²) in [5, 5.41) is 4.89. The number of halogens is 1. The van der Waals surface area contributed by atoms with E-state index in [-0.39, 0.29) is 5.91 Å². The Bertz CT molecular complexity index is 1270. The number of thioether (sulfide) groups is 1. The van der Waals surface area contributed by atoms with Gasteiger partial charge in [0.05, 0.1) is 22.2 Å². The van der Waals surface area contributed by atoms with Crippen LogP contribution in [0.2, 0.25) is 0 Å². The van der Waals surface area contributed by atoms with E-state index < -0.39 is 0 Å². The fourth-order valence-electron chi connectivity index (χ4n) is 4.22. The Morgan fingerprint density at radius 3 is 2.64 bits per heavy atom. The molecule has 188 valence electrons. The van der Waals surface area contributed by atoms with E-state index in [9.17, 15) is 4.79 Å². The molecule has 1 fully saturated rings. The smallest absolute Gasteiger partial charge is 0.266 e. The molecule has 5 nitrogen and oxygen atoms in total. The number of nitrogens with zero attached hydrogens (tertiary/aromatic N) is 3. The van der Waals surface area contributed by atoms with Crippen molar-refractivity contribution in [2.24, 2.45) is 5.92 Å². The Balaban J connectivity index is 1.70. The molecule has 8 heteroatoms. The van der Waals surface area contributed by atoms with Gasteiger partial charge in [-0.3, -0.25) is 9.69 Å². The van der Waals surface area contributed by atoms with Crippen molar-refractivity contribution in [3.05, 3.63) is 69.7 Å². The SMILES string of the molecule is CCCCC(CC)CN1C(=O)/C(=C/c2cn(-c3ccccc3)nc2-c2ccc(OC)c(Br)c2)SC1=S. The number of aromatic nitrogens is 2. The maximum absolute atomic E-state index is 13.4. The number of amides is 1. The van der Waals surface area contributed by atoms with Crippen molar-refractivity contribution in [2.75, 3.05) is 13.7 Å². The number of rotatable bonds is 10. The highest BCUT2D eigenvalue weighted by atomic mass is 79.9. The van der Waals surface area contributed by atoms with E-state index in [0.717, 1.165) is 52.0 Å². The van der Waals surface area contributed by atoms with E-state index in [0.29, 0.717) is 21.7 Å². The number of carbonyl (C=O) groups excluding carboxylic acids is 1. The van der Waals surface area contributed by atoms with Crippen LogP contribution in [0.15, 0.2) is 64.1 Å². The molecule has 3 aromatic rings. The fraction of sp³-hybridized carbons (Fsp3) is 0.321. The predicted molar refractivity (Wildman–Crippen MR) is 156 cm³/mol. The number of ether oxygens (including phenoxy) is 1. The summed E-state index contributed by atoms with van der Waals surface area (Å²) in [4.78, 5) is 15.8. The van der Waals surface area contributed by atoms with Gasteiger partial charge >= 0.3 is 0 Å². The van der Waals surface area contributed by atoms with Crippen LogP contribution in [0, 0.1) is 5.92 Å². The number of para-hydroxylation sites is 1. The van der Waals surface area contributed by atoms with Gasteiger partial charge in [-0.05, 0) is 64.7 Å². The zero-order chi connectivity index (χ0) is 25.7. The first kappa shape index (κ1) is 26.6. The van der Waals surface area contributed by atoms with Gasteiger partial charge in [0.25, 0.3) is 5.91 Å². The Morgan fingerprint density at radius 2 is 1.97 bits per heavy atom. The molecule has 4 rings (SSSR count). The number of thiocarbonyl (C=S) groups is 1. The van der Waals surface area contributed by atoms with Crippen LogP contribution >= 0.6 is 39.9 Å². The van der Waals surface area contributed by atoms with Gasteiger partial charge in [0.2, 0.25) is 0 Å². The monoisotopic (exact) mass is 583 g/mol. The summed E-state index contributed by atoms with van der Waals surface area (Å²) in [5.74, 6) is 1.19. The normalized spacial score (nSPS) is 15.7. The Hall–Kier alpha value is -2.42. The maximum Gasteiger partial charge on any atom is 0.266 e. The highest BCUT2D eigenvalue weighted by molar-refractivity contribution is 9.10. The van der Waals surface area contributed by atoms with Gasteiger partial charge in [0.15, 0.2) is 0 Å². The number of hydrogen-bond acceptors (Lipinski definition) is 5. The minimum atomic E-state index is -0.0192. The first-order chi connectivity index (χ1) is 17.4.